The van der Waals surface area contributed by atoms with Gasteiger partial charge in [-0.2, -0.15) is 0 Å². The zero-order valence-corrected chi connectivity index (χ0v) is 9.54. The van der Waals surface area contributed by atoms with Crippen molar-refractivity contribution >= 4 is 11.9 Å². The number of ether oxygens (including phenoxy) is 1. The molecule has 0 aromatic rings. The summed E-state index contributed by atoms with van der Waals surface area (Å²) < 4.78 is 4.97. The second kappa shape index (κ2) is 2.96. The molecule has 2 atom stereocenters. The molecule has 1 saturated carbocycles. The molecule has 3 rings (SSSR count). The van der Waals surface area contributed by atoms with Gasteiger partial charge >= 0.3 is 11.9 Å². The summed E-state index contributed by atoms with van der Waals surface area (Å²) in [7, 11) is 0. The van der Waals surface area contributed by atoms with Crippen LogP contribution in [0.1, 0.15) is 45.4 Å². The summed E-state index contributed by atoms with van der Waals surface area (Å²) >= 11 is 0. The Morgan fingerprint density at radius 3 is 2.50 bits per heavy atom. The Bertz CT molecular complexity index is 409. The Morgan fingerprint density at radius 2 is 1.75 bits per heavy atom. The minimum atomic E-state index is -0.513. The van der Waals surface area contributed by atoms with Gasteiger partial charge in [-0.05, 0) is 32.6 Å². The van der Waals surface area contributed by atoms with Crippen LogP contribution in [0.5, 0.6) is 0 Å². The predicted octanol–water partition coefficient (Wildman–Crippen LogP) is 2.36. The van der Waals surface area contributed by atoms with Crippen LogP contribution in [0.15, 0.2) is 11.6 Å². The second-order valence-corrected chi connectivity index (χ2v) is 5.48. The van der Waals surface area contributed by atoms with E-state index in [4.69, 9.17) is 4.74 Å². The number of hydrogen-bond donors (Lipinski definition) is 0. The summed E-state index contributed by atoms with van der Waals surface area (Å²) in [5.74, 6) is -0.523. The number of carbonyl (C=O) groups is 2. The van der Waals surface area contributed by atoms with Gasteiger partial charge in [0.05, 0.1) is 10.8 Å². The first-order valence-corrected chi connectivity index (χ1v) is 6.03. The third kappa shape index (κ3) is 0.944. The Kier molecular flexibility index (Phi) is 1.86. The van der Waals surface area contributed by atoms with Crippen molar-refractivity contribution in [2.24, 2.45) is 10.8 Å². The predicted molar refractivity (Wildman–Crippen MR) is 57.4 cm³/mol. The maximum absolute atomic E-state index is 12.0. The fourth-order valence-corrected chi connectivity index (χ4v) is 3.81. The first-order valence-electron chi connectivity index (χ1n) is 6.03. The number of cyclic esters (lactones) is 2. The van der Waals surface area contributed by atoms with Gasteiger partial charge < -0.3 is 4.74 Å². The lowest BCUT2D eigenvalue weighted by atomic mass is 9.52. The molecule has 0 aromatic heterocycles. The van der Waals surface area contributed by atoms with Crippen LogP contribution in [0, 0.1) is 10.8 Å². The average Bonchev–Trinajstić information content (AvgIpc) is 2.49. The van der Waals surface area contributed by atoms with E-state index in [0.29, 0.717) is 6.42 Å². The lowest BCUT2D eigenvalue weighted by Gasteiger charge is -2.46. The van der Waals surface area contributed by atoms with Crippen molar-refractivity contribution in [1.82, 2.24) is 0 Å². The number of esters is 2. The summed E-state index contributed by atoms with van der Waals surface area (Å²) in [5, 5.41) is 0. The molecule has 0 amide bonds. The molecular weight excluding hydrogens is 204 g/mol. The summed E-state index contributed by atoms with van der Waals surface area (Å²) in [6, 6.07) is 0. The standard InChI is InChI=1S/C13H16O3/c1-9-4-7-12-5-2-3-6-13(12,8-9)11(15)16-10(12)14/h4H,2-3,5-8H2,1H3/t12-,13-/m0/s1. The second-order valence-electron chi connectivity index (χ2n) is 5.48. The average molecular weight is 220 g/mol. The van der Waals surface area contributed by atoms with E-state index >= 15 is 0 Å². The van der Waals surface area contributed by atoms with Crippen LogP contribution in [0.3, 0.4) is 0 Å². The van der Waals surface area contributed by atoms with Gasteiger partial charge in [0.1, 0.15) is 0 Å². The molecule has 0 spiro atoms. The van der Waals surface area contributed by atoms with Crippen LogP contribution in [0.4, 0.5) is 0 Å². The SMILES string of the molecule is CC1=CC[C@]23CCCC[C@]2(C1)C(=O)OC3=O. The third-order valence-electron chi connectivity index (χ3n) is 4.72. The molecule has 3 aliphatic rings. The smallest absolute Gasteiger partial charge is 0.321 e. The van der Waals surface area contributed by atoms with Gasteiger partial charge in [0, 0.05) is 0 Å². The van der Waals surface area contributed by atoms with Crippen LogP contribution in [0.25, 0.3) is 0 Å². The number of carbonyl (C=O) groups excluding carboxylic acids is 2. The molecule has 16 heavy (non-hydrogen) atoms. The molecule has 1 heterocycles. The summed E-state index contributed by atoms with van der Waals surface area (Å²) in [5.41, 5.74) is 0.201. The molecule has 0 bridgehead atoms. The van der Waals surface area contributed by atoms with Crippen molar-refractivity contribution in [3.05, 3.63) is 11.6 Å². The van der Waals surface area contributed by atoms with E-state index in [-0.39, 0.29) is 11.9 Å². The van der Waals surface area contributed by atoms with Gasteiger partial charge in [-0.3, -0.25) is 9.59 Å². The van der Waals surface area contributed by atoms with E-state index in [2.05, 4.69) is 6.08 Å². The van der Waals surface area contributed by atoms with Crippen LogP contribution >= 0.6 is 0 Å². The van der Waals surface area contributed by atoms with Crippen LogP contribution < -0.4 is 0 Å². The van der Waals surface area contributed by atoms with Gasteiger partial charge in [0.2, 0.25) is 0 Å². The Hall–Kier alpha value is -1.12. The molecule has 2 fully saturated rings. The highest BCUT2D eigenvalue weighted by atomic mass is 16.6. The zero-order valence-electron chi connectivity index (χ0n) is 9.54. The Balaban J connectivity index is 2.17. The summed E-state index contributed by atoms with van der Waals surface area (Å²) in [4.78, 5) is 24.0. The molecule has 3 nitrogen and oxygen atoms in total. The topological polar surface area (TPSA) is 43.4 Å². The molecule has 0 unspecified atom stereocenters. The maximum atomic E-state index is 12.0. The van der Waals surface area contributed by atoms with Gasteiger partial charge in [0.15, 0.2) is 0 Å². The minimum absolute atomic E-state index is 0.260. The molecule has 0 radical (unpaired) electrons. The lowest BCUT2D eigenvalue weighted by Crippen LogP contribution is -2.48. The molecule has 2 aliphatic carbocycles. The molecule has 1 aliphatic heterocycles. The van der Waals surface area contributed by atoms with Crippen molar-refractivity contribution in [2.75, 3.05) is 0 Å². The Labute approximate surface area is 94.8 Å². The van der Waals surface area contributed by atoms with E-state index < -0.39 is 10.8 Å². The van der Waals surface area contributed by atoms with Crippen molar-refractivity contribution in [3.8, 4) is 0 Å². The van der Waals surface area contributed by atoms with E-state index in [9.17, 15) is 9.59 Å². The number of rotatable bonds is 0. The highest BCUT2D eigenvalue weighted by molar-refractivity contribution is 6.02. The molecule has 86 valence electrons. The third-order valence-corrected chi connectivity index (χ3v) is 4.72. The normalized spacial score (nSPS) is 42.2. The first kappa shape index (κ1) is 10.1. The minimum Gasteiger partial charge on any atom is -0.392 e. The van der Waals surface area contributed by atoms with Gasteiger partial charge in [-0.1, -0.05) is 24.5 Å². The van der Waals surface area contributed by atoms with Crippen LogP contribution in [0.2, 0.25) is 0 Å². The molecule has 0 N–H and O–H groups in total. The number of allylic oxidation sites excluding steroid dienone is 2. The van der Waals surface area contributed by atoms with Crippen molar-refractivity contribution in [1.29, 1.82) is 0 Å². The van der Waals surface area contributed by atoms with E-state index in [0.717, 1.165) is 32.1 Å². The highest BCUT2D eigenvalue weighted by Gasteiger charge is 2.68. The van der Waals surface area contributed by atoms with Crippen molar-refractivity contribution in [2.45, 2.75) is 45.4 Å². The largest absolute Gasteiger partial charge is 0.392 e. The molecule has 0 aromatic carbocycles. The van der Waals surface area contributed by atoms with Crippen molar-refractivity contribution in [3.63, 3.8) is 0 Å². The van der Waals surface area contributed by atoms with Gasteiger partial charge in [-0.25, -0.2) is 0 Å². The highest BCUT2D eigenvalue weighted by Crippen LogP contribution is 2.62. The number of hydrogen-bond acceptors (Lipinski definition) is 3. The molecule has 3 heteroatoms. The summed E-state index contributed by atoms with van der Waals surface area (Å²) in [6.45, 7) is 2.04. The lowest BCUT2D eigenvalue weighted by molar-refractivity contribution is -0.155. The first-order chi connectivity index (χ1) is 7.61. The maximum Gasteiger partial charge on any atom is 0.321 e. The van der Waals surface area contributed by atoms with E-state index in [1.807, 2.05) is 6.92 Å². The van der Waals surface area contributed by atoms with E-state index in [1.165, 1.54) is 5.57 Å². The summed E-state index contributed by atoms with van der Waals surface area (Å²) in [6.07, 6.45) is 7.25. The van der Waals surface area contributed by atoms with Gasteiger partial charge in [-0.15, -0.1) is 0 Å². The fraction of sp³-hybridized carbons (Fsp3) is 0.692. The fourth-order valence-electron chi connectivity index (χ4n) is 3.81. The van der Waals surface area contributed by atoms with Crippen LogP contribution in [-0.2, 0) is 14.3 Å². The van der Waals surface area contributed by atoms with Crippen molar-refractivity contribution < 1.29 is 14.3 Å². The Morgan fingerprint density at radius 1 is 1.12 bits per heavy atom. The zero-order chi connectivity index (χ0) is 11.4. The molecular formula is C13H16O3. The quantitative estimate of drug-likeness (QED) is 0.357. The molecule has 1 saturated heterocycles. The van der Waals surface area contributed by atoms with Gasteiger partial charge in [0.25, 0.3) is 0 Å². The monoisotopic (exact) mass is 220 g/mol. The van der Waals surface area contributed by atoms with Crippen LogP contribution in [-0.4, -0.2) is 11.9 Å². The van der Waals surface area contributed by atoms with E-state index in [1.54, 1.807) is 0 Å².